The van der Waals surface area contributed by atoms with Gasteiger partial charge in [0.25, 0.3) is 0 Å². The van der Waals surface area contributed by atoms with Crippen molar-refractivity contribution in [2.75, 3.05) is 19.6 Å². The topological polar surface area (TPSA) is 44.0 Å². The minimum atomic E-state index is 0.799. The molecule has 0 spiro atoms. The summed E-state index contributed by atoms with van der Waals surface area (Å²) in [6.07, 6.45) is 5.38. The van der Waals surface area contributed by atoms with Crippen molar-refractivity contribution >= 4 is 11.0 Å². The van der Waals surface area contributed by atoms with Gasteiger partial charge in [-0.15, -0.1) is 0 Å². The largest absolute Gasteiger partial charge is 0.341 e. The van der Waals surface area contributed by atoms with Gasteiger partial charge in [0.1, 0.15) is 5.82 Å². The van der Waals surface area contributed by atoms with Crippen LogP contribution in [-0.4, -0.2) is 40.5 Å². The molecule has 0 amide bonds. The summed E-state index contributed by atoms with van der Waals surface area (Å²) in [6.45, 7) is 4.59. The number of aromatic nitrogens is 2. The molecule has 1 aromatic carbocycles. The molecule has 4 nitrogen and oxygen atoms in total. The van der Waals surface area contributed by atoms with Gasteiger partial charge in [-0.1, -0.05) is 12.1 Å². The number of nitrogens with one attached hydrogen (secondary N) is 2. The first-order valence-corrected chi connectivity index (χ1v) is 8.27. The Bertz CT molecular complexity index is 563. The van der Waals surface area contributed by atoms with Crippen LogP contribution in [-0.2, 0) is 6.54 Å². The highest BCUT2D eigenvalue weighted by molar-refractivity contribution is 5.74. The highest BCUT2D eigenvalue weighted by atomic mass is 15.2. The van der Waals surface area contributed by atoms with E-state index in [1.54, 1.807) is 0 Å². The summed E-state index contributed by atoms with van der Waals surface area (Å²) in [5.74, 6) is 1.98. The SMILES string of the molecule is c1ccc2[nH]c(CN(CC3CCNCC3)C3CC3)nc2c1. The minimum absolute atomic E-state index is 0.799. The summed E-state index contributed by atoms with van der Waals surface area (Å²) in [5.41, 5.74) is 2.25. The zero-order valence-electron chi connectivity index (χ0n) is 12.5. The number of aromatic amines is 1. The molecule has 1 aliphatic heterocycles. The number of piperidine rings is 1. The predicted molar refractivity (Wildman–Crippen MR) is 85.1 cm³/mol. The van der Waals surface area contributed by atoms with Gasteiger partial charge in [0.2, 0.25) is 0 Å². The lowest BCUT2D eigenvalue weighted by atomic mass is 9.97. The third-order valence-electron chi connectivity index (χ3n) is 4.81. The van der Waals surface area contributed by atoms with E-state index in [1.807, 2.05) is 0 Å². The number of H-pyrrole nitrogens is 1. The first-order chi connectivity index (χ1) is 10.4. The van der Waals surface area contributed by atoms with Crippen LogP contribution < -0.4 is 5.32 Å². The monoisotopic (exact) mass is 284 g/mol. The van der Waals surface area contributed by atoms with Crippen molar-refractivity contribution in [3.8, 4) is 0 Å². The fourth-order valence-electron chi connectivity index (χ4n) is 3.45. The van der Waals surface area contributed by atoms with Crippen LogP contribution in [0.1, 0.15) is 31.5 Å². The van der Waals surface area contributed by atoms with Crippen LogP contribution in [0.15, 0.2) is 24.3 Å². The van der Waals surface area contributed by atoms with Crippen molar-refractivity contribution in [2.45, 2.75) is 38.3 Å². The number of para-hydroxylation sites is 2. The predicted octanol–water partition coefficient (Wildman–Crippen LogP) is 2.53. The number of hydrogen-bond donors (Lipinski definition) is 2. The van der Waals surface area contributed by atoms with Crippen molar-refractivity contribution in [3.63, 3.8) is 0 Å². The Morgan fingerprint density at radius 3 is 2.67 bits per heavy atom. The highest BCUT2D eigenvalue weighted by Crippen LogP contribution is 2.30. The van der Waals surface area contributed by atoms with Crippen LogP contribution in [0.25, 0.3) is 11.0 Å². The van der Waals surface area contributed by atoms with E-state index in [1.165, 1.54) is 45.3 Å². The summed E-state index contributed by atoms with van der Waals surface area (Å²) in [5, 5.41) is 3.46. The van der Waals surface area contributed by atoms with Crippen LogP contribution >= 0.6 is 0 Å². The molecule has 2 aromatic rings. The molecular weight excluding hydrogens is 260 g/mol. The number of fused-ring (bicyclic) bond motifs is 1. The molecule has 1 saturated carbocycles. The van der Waals surface area contributed by atoms with Crippen molar-refractivity contribution in [3.05, 3.63) is 30.1 Å². The van der Waals surface area contributed by atoms with Crippen molar-refractivity contribution in [2.24, 2.45) is 5.92 Å². The summed E-state index contributed by atoms with van der Waals surface area (Å²) in [6, 6.07) is 9.12. The first-order valence-electron chi connectivity index (χ1n) is 8.27. The van der Waals surface area contributed by atoms with E-state index in [-0.39, 0.29) is 0 Å². The van der Waals surface area contributed by atoms with Crippen LogP contribution in [0.4, 0.5) is 0 Å². The molecule has 4 heteroatoms. The molecule has 2 fully saturated rings. The van der Waals surface area contributed by atoms with Gasteiger partial charge in [-0.3, -0.25) is 4.90 Å². The van der Waals surface area contributed by atoms with Crippen LogP contribution in [0.5, 0.6) is 0 Å². The van der Waals surface area contributed by atoms with Gasteiger partial charge in [0.05, 0.1) is 17.6 Å². The smallest absolute Gasteiger partial charge is 0.121 e. The Kier molecular flexibility index (Phi) is 3.65. The average Bonchev–Trinajstić information content (AvgIpc) is 3.28. The van der Waals surface area contributed by atoms with Crippen LogP contribution in [0, 0.1) is 5.92 Å². The van der Waals surface area contributed by atoms with E-state index < -0.39 is 0 Å². The molecule has 0 radical (unpaired) electrons. The standard InChI is InChI=1S/C17H24N4/c1-2-4-16-15(3-1)19-17(20-16)12-21(14-5-6-14)11-13-7-9-18-10-8-13/h1-4,13-14,18H,5-12H2,(H,19,20). The number of nitrogens with zero attached hydrogens (tertiary/aromatic N) is 2. The molecule has 0 bridgehead atoms. The van der Waals surface area contributed by atoms with E-state index in [9.17, 15) is 0 Å². The Morgan fingerprint density at radius 1 is 1.10 bits per heavy atom. The number of imidazole rings is 1. The lowest BCUT2D eigenvalue weighted by Gasteiger charge is -2.29. The molecular formula is C17H24N4. The lowest BCUT2D eigenvalue weighted by molar-refractivity contribution is 0.187. The third kappa shape index (κ3) is 3.11. The Hall–Kier alpha value is -1.39. The van der Waals surface area contributed by atoms with Gasteiger partial charge in [0.15, 0.2) is 0 Å². The van der Waals surface area contributed by atoms with Gasteiger partial charge >= 0.3 is 0 Å². The quantitative estimate of drug-likeness (QED) is 0.887. The molecule has 4 rings (SSSR count). The number of hydrogen-bond acceptors (Lipinski definition) is 3. The number of benzene rings is 1. The maximum absolute atomic E-state index is 4.75. The second-order valence-corrected chi connectivity index (χ2v) is 6.55. The Labute approximate surface area is 125 Å². The van der Waals surface area contributed by atoms with E-state index in [4.69, 9.17) is 4.98 Å². The fourth-order valence-corrected chi connectivity index (χ4v) is 3.45. The van der Waals surface area contributed by atoms with Crippen LogP contribution in [0.2, 0.25) is 0 Å². The molecule has 1 aliphatic carbocycles. The normalized spacial score (nSPS) is 20.4. The minimum Gasteiger partial charge on any atom is -0.341 e. The summed E-state index contributed by atoms with van der Waals surface area (Å²) < 4.78 is 0. The zero-order chi connectivity index (χ0) is 14.1. The van der Waals surface area contributed by atoms with E-state index in [2.05, 4.69) is 39.5 Å². The second kappa shape index (κ2) is 5.78. The maximum Gasteiger partial charge on any atom is 0.121 e. The van der Waals surface area contributed by atoms with E-state index in [0.717, 1.165) is 35.4 Å². The van der Waals surface area contributed by atoms with Gasteiger partial charge < -0.3 is 10.3 Å². The zero-order valence-corrected chi connectivity index (χ0v) is 12.5. The molecule has 2 aliphatic rings. The Morgan fingerprint density at radius 2 is 1.90 bits per heavy atom. The maximum atomic E-state index is 4.75. The van der Waals surface area contributed by atoms with Crippen molar-refractivity contribution in [1.29, 1.82) is 0 Å². The van der Waals surface area contributed by atoms with Gasteiger partial charge in [0, 0.05) is 12.6 Å². The first kappa shape index (κ1) is 13.3. The van der Waals surface area contributed by atoms with Crippen molar-refractivity contribution < 1.29 is 0 Å². The fraction of sp³-hybridized carbons (Fsp3) is 0.588. The highest BCUT2D eigenvalue weighted by Gasteiger charge is 2.31. The summed E-state index contributed by atoms with van der Waals surface area (Å²) in [7, 11) is 0. The van der Waals surface area contributed by atoms with Gasteiger partial charge in [-0.25, -0.2) is 4.98 Å². The molecule has 21 heavy (non-hydrogen) atoms. The molecule has 112 valence electrons. The molecule has 1 saturated heterocycles. The number of rotatable bonds is 5. The van der Waals surface area contributed by atoms with Gasteiger partial charge in [-0.05, 0) is 56.8 Å². The van der Waals surface area contributed by atoms with E-state index >= 15 is 0 Å². The van der Waals surface area contributed by atoms with Crippen molar-refractivity contribution in [1.82, 2.24) is 20.2 Å². The van der Waals surface area contributed by atoms with Gasteiger partial charge in [-0.2, -0.15) is 0 Å². The summed E-state index contributed by atoms with van der Waals surface area (Å²) >= 11 is 0. The second-order valence-electron chi connectivity index (χ2n) is 6.55. The lowest BCUT2D eigenvalue weighted by Crippen LogP contribution is -2.37. The molecule has 0 atom stereocenters. The Balaban J connectivity index is 1.46. The molecule has 0 unspecified atom stereocenters. The molecule has 2 N–H and O–H groups in total. The van der Waals surface area contributed by atoms with Crippen LogP contribution in [0.3, 0.4) is 0 Å². The van der Waals surface area contributed by atoms with E-state index in [0.29, 0.717) is 0 Å². The summed E-state index contributed by atoms with van der Waals surface area (Å²) in [4.78, 5) is 10.9. The molecule has 1 aromatic heterocycles. The molecule has 2 heterocycles. The third-order valence-corrected chi connectivity index (χ3v) is 4.81. The average molecular weight is 284 g/mol.